The molecule has 4 nitrogen and oxygen atoms in total. The van der Waals surface area contributed by atoms with Crippen LogP contribution in [0.25, 0.3) is 0 Å². The standard InChI is InChI=1S/C14H14ClNO3S/c1-9-6-7-10(2)13(8-9)20(18,19)16-12-5-3-4-11(15)14(12)17/h3-8,16-17H,1-2H3. The molecule has 2 N–H and O–H groups in total. The molecule has 2 aromatic carbocycles. The molecule has 106 valence electrons. The number of nitrogens with one attached hydrogen (secondary N) is 1. The first-order chi connectivity index (χ1) is 9.31. The number of hydrogen-bond acceptors (Lipinski definition) is 3. The van der Waals surface area contributed by atoms with Crippen molar-refractivity contribution in [3.63, 3.8) is 0 Å². The quantitative estimate of drug-likeness (QED) is 0.853. The molecule has 6 heteroatoms. The van der Waals surface area contributed by atoms with Gasteiger partial charge in [-0.25, -0.2) is 8.42 Å². The van der Waals surface area contributed by atoms with Gasteiger partial charge in [-0.05, 0) is 43.2 Å². The maximum Gasteiger partial charge on any atom is 0.262 e. The number of sulfonamides is 1. The summed E-state index contributed by atoms with van der Waals surface area (Å²) < 4.78 is 27.1. The second-order valence-corrected chi connectivity index (χ2v) is 6.57. The van der Waals surface area contributed by atoms with E-state index >= 15 is 0 Å². The van der Waals surface area contributed by atoms with E-state index in [2.05, 4.69) is 4.72 Å². The lowest BCUT2D eigenvalue weighted by atomic mass is 10.2. The van der Waals surface area contributed by atoms with Crippen LogP contribution < -0.4 is 4.72 Å². The van der Waals surface area contributed by atoms with Gasteiger partial charge in [0.2, 0.25) is 0 Å². The van der Waals surface area contributed by atoms with Gasteiger partial charge in [-0.1, -0.05) is 29.8 Å². The Labute approximate surface area is 123 Å². The third kappa shape index (κ3) is 2.89. The molecule has 0 unspecified atom stereocenters. The molecular weight excluding hydrogens is 298 g/mol. The molecule has 0 aromatic heterocycles. The number of aromatic hydroxyl groups is 1. The highest BCUT2D eigenvalue weighted by Gasteiger charge is 2.19. The monoisotopic (exact) mass is 311 g/mol. The summed E-state index contributed by atoms with van der Waals surface area (Å²) in [5.41, 5.74) is 1.52. The molecule has 0 aliphatic heterocycles. The van der Waals surface area contributed by atoms with E-state index in [-0.39, 0.29) is 21.4 Å². The minimum Gasteiger partial charge on any atom is -0.504 e. The van der Waals surface area contributed by atoms with Crippen molar-refractivity contribution in [2.75, 3.05) is 4.72 Å². The van der Waals surface area contributed by atoms with Crippen LogP contribution in [0.2, 0.25) is 5.02 Å². The SMILES string of the molecule is Cc1ccc(C)c(S(=O)(=O)Nc2cccc(Cl)c2O)c1. The van der Waals surface area contributed by atoms with E-state index in [4.69, 9.17) is 11.6 Å². The summed E-state index contributed by atoms with van der Waals surface area (Å²) in [6.45, 7) is 3.53. The zero-order valence-corrected chi connectivity index (χ0v) is 12.6. The predicted octanol–water partition coefficient (Wildman–Crippen LogP) is 3.46. The van der Waals surface area contributed by atoms with Crippen LogP contribution in [-0.4, -0.2) is 13.5 Å². The maximum absolute atomic E-state index is 12.4. The summed E-state index contributed by atoms with van der Waals surface area (Å²) in [5.74, 6) is -0.289. The van der Waals surface area contributed by atoms with E-state index in [1.165, 1.54) is 12.1 Å². The van der Waals surface area contributed by atoms with Gasteiger partial charge in [-0.3, -0.25) is 4.72 Å². The Hall–Kier alpha value is -1.72. The van der Waals surface area contributed by atoms with Crippen molar-refractivity contribution in [3.05, 3.63) is 52.5 Å². The molecule has 0 bridgehead atoms. The lowest BCUT2D eigenvalue weighted by molar-refractivity contribution is 0.478. The first-order valence-electron chi connectivity index (χ1n) is 5.89. The second-order valence-electron chi connectivity index (χ2n) is 4.51. The molecular formula is C14H14ClNO3S. The lowest BCUT2D eigenvalue weighted by Gasteiger charge is -2.12. The highest BCUT2D eigenvalue weighted by Crippen LogP contribution is 2.33. The van der Waals surface area contributed by atoms with Crippen LogP contribution in [0.1, 0.15) is 11.1 Å². The number of phenols is 1. The Balaban J connectivity index is 2.46. The minimum atomic E-state index is -3.77. The maximum atomic E-state index is 12.4. The normalized spacial score (nSPS) is 11.3. The van der Waals surface area contributed by atoms with Gasteiger partial charge in [0, 0.05) is 0 Å². The van der Waals surface area contributed by atoms with Crippen LogP contribution in [-0.2, 0) is 10.0 Å². The highest BCUT2D eigenvalue weighted by atomic mass is 35.5. The lowest BCUT2D eigenvalue weighted by Crippen LogP contribution is -2.14. The summed E-state index contributed by atoms with van der Waals surface area (Å²) in [6.07, 6.45) is 0. The Bertz CT molecular complexity index is 757. The van der Waals surface area contributed by atoms with Gasteiger partial charge in [0.15, 0.2) is 5.75 Å². The van der Waals surface area contributed by atoms with Crippen LogP contribution in [0.15, 0.2) is 41.3 Å². The number of aryl methyl sites for hydroxylation is 2. The summed E-state index contributed by atoms with van der Waals surface area (Å²) in [7, 11) is -3.77. The van der Waals surface area contributed by atoms with Gasteiger partial charge >= 0.3 is 0 Å². The first kappa shape index (κ1) is 14.7. The van der Waals surface area contributed by atoms with E-state index in [0.717, 1.165) is 5.56 Å². The largest absolute Gasteiger partial charge is 0.504 e. The average molecular weight is 312 g/mol. The fourth-order valence-electron chi connectivity index (χ4n) is 1.79. The van der Waals surface area contributed by atoms with E-state index in [9.17, 15) is 13.5 Å². The molecule has 0 radical (unpaired) electrons. The number of halogens is 1. The van der Waals surface area contributed by atoms with Gasteiger partial charge in [0.05, 0.1) is 15.6 Å². The van der Waals surface area contributed by atoms with Crippen molar-refractivity contribution in [1.82, 2.24) is 0 Å². The topological polar surface area (TPSA) is 66.4 Å². The van der Waals surface area contributed by atoms with Gasteiger partial charge in [0.1, 0.15) is 0 Å². The van der Waals surface area contributed by atoms with Crippen molar-refractivity contribution in [1.29, 1.82) is 0 Å². The third-order valence-electron chi connectivity index (χ3n) is 2.86. The Morgan fingerprint density at radius 1 is 1.15 bits per heavy atom. The first-order valence-corrected chi connectivity index (χ1v) is 7.75. The van der Waals surface area contributed by atoms with Crippen molar-refractivity contribution in [2.45, 2.75) is 18.7 Å². The molecule has 20 heavy (non-hydrogen) atoms. The van der Waals surface area contributed by atoms with E-state index in [1.807, 2.05) is 13.0 Å². The molecule has 0 saturated carbocycles. The van der Waals surface area contributed by atoms with Crippen LogP contribution in [0.3, 0.4) is 0 Å². The van der Waals surface area contributed by atoms with E-state index in [0.29, 0.717) is 5.56 Å². The molecule has 0 fully saturated rings. The molecule has 0 heterocycles. The molecule has 0 amide bonds. The Morgan fingerprint density at radius 2 is 1.85 bits per heavy atom. The van der Waals surface area contributed by atoms with Crippen molar-refractivity contribution >= 4 is 27.3 Å². The third-order valence-corrected chi connectivity index (χ3v) is 4.68. The predicted molar refractivity (Wildman–Crippen MR) is 79.8 cm³/mol. The van der Waals surface area contributed by atoms with Crippen LogP contribution in [0.4, 0.5) is 5.69 Å². The smallest absolute Gasteiger partial charge is 0.262 e. The number of anilines is 1. The Kier molecular flexibility index (Phi) is 3.92. The summed E-state index contributed by atoms with van der Waals surface area (Å²) in [5, 5.41) is 9.86. The number of hydrogen-bond donors (Lipinski definition) is 2. The van der Waals surface area contributed by atoms with Crippen LogP contribution >= 0.6 is 11.6 Å². The van der Waals surface area contributed by atoms with Crippen molar-refractivity contribution in [3.8, 4) is 5.75 Å². The second kappa shape index (κ2) is 5.34. The molecule has 0 saturated heterocycles. The number of para-hydroxylation sites is 1. The average Bonchev–Trinajstić information content (AvgIpc) is 2.37. The molecule has 0 atom stereocenters. The van der Waals surface area contributed by atoms with Gasteiger partial charge in [-0.15, -0.1) is 0 Å². The minimum absolute atomic E-state index is 0.0541. The molecule has 0 spiro atoms. The highest BCUT2D eigenvalue weighted by molar-refractivity contribution is 7.92. The fourth-order valence-corrected chi connectivity index (χ4v) is 3.37. The van der Waals surface area contributed by atoms with Gasteiger partial charge in [0.25, 0.3) is 10.0 Å². The van der Waals surface area contributed by atoms with Crippen molar-refractivity contribution in [2.24, 2.45) is 0 Å². The zero-order valence-electron chi connectivity index (χ0n) is 11.0. The van der Waals surface area contributed by atoms with E-state index < -0.39 is 10.0 Å². The Morgan fingerprint density at radius 3 is 2.55 bits per heavy atom. The zero-order chi connectivity index (χ0) is 14.9. The number of benzene rings is 2. The van der Waals surface area contributed by atoms with Gasteiger partial charge in [-0.2, -0.15) is 0 Å². The summed E-state index contributed by atoms with van der Waals surface area (Å²) in [6, 6.07) is 9.64. The molecule has 2 aromatic rings. The molecule has 0 aliphatic rings. The molecule has 0 aliphatic carbocycles. The molecule has 2 rings (SSSR count). The number of phenolic OH excluding ortho intramolecular Hbond substituents is 1. The van der Waals surface area contributed by atoms with Crippen LogP contribution in [0, 0.1) is 13.8 Å². The summed E-state index contributed by atoms with van der Waals surface area (Å²) in [4.78, 5) is 0.178. The number of rotatable bonds is 3. The van der Waals surface area contributed by atoms with E-state index in [1.54, 1.807) is 25.1 Å². The summed E-state index contributed by atoms with van der Waals surface area (Å²) >= 11 is 5.76. The fraction of sp³-hybridized carbons (Fsp3) is 0.143. The van der Waals surface area contributed by atoms with Crippen molar-refractivity contribution < 1.29 is 13.5 Å². The van der Waals surface area contributed by atoms with Gasteiger partial charge < -0.3 is 5.11 Å². The van der Waals surface area contributed by atoms with Crippen LogP contribution in [0.5, 0.6) is 5.75 Å².